The highest BCUT2D eigenvalue weighted by atomic mass is 16.4. The first-order valence-electron chi connectivity index (χ1n) is 10.2. The topological polar surface area (TPSA) is 199 Å². The Hall–Kier alpha value is -2.73. The number of carbonyl (C=O) groups excluding carboxylic acids is 3. The molecule has 3 amide bonds. The second kappa shape index (κ2) is 11.6. The van der Waals surface area contributed by atoms with E-state index in [4.69, 9.17) is 10.8 Å². The van der Waals surface area contributed by atoms with E-state index in [1.165, 1.54) is 11.8 Å². The van der Waals surface area contributed by atoms with Gasteiger partial charge in [-0.1, -0.05) is 20.3 Å². The van der Waals surface area contributed by atoms with Crippen molar-refractivity contribution in [3.8, 4) is 0 Å². The van der Waals surface area contributed by atoms with Crippen LogP contribution in [0.5, 0.6) is 0 Å². The molecule has 0 aromatic heterocycles. The molecule has 1 saturated heterocycles. The van der Waals surface area contributed by atoms with Crippen molar-refractivity contribution in [2.45, 2.75) is 76.7 Å². The molecule has 31 heavy (non-hydrogen) atoms. The Morgan fingerprint density at radius 3 is 2.13 bits per heavy atom. The molecule has 6 unspecified atom stereocenters. The number of nitrogens with one attached hydrogen (secondary N) is 2. The van der Waals surface area contributed by atoms with Crippen LogP contribution >= 0.6 is 0 Å². The Balaban J connectivity index is 2.99. The van der Waals surface area contributed by atoms with E-state index in [9.17, 15) is 34.2 Å². The van der Waals surface area contributed by atoms with Crippen LogP contribution in [0.2, 0.25) is 0 Å². The van der Waals surface area contributed by atoms with Gasteiger partial charge in [0.1, 0.15) is 18.1 Å². The van der Waals surface area contributed by atoms with Crippen molar-refractivity contribution in [2.75, 3.05) is 6.54 Å². The SMILES string of the molecule is CCC(C)C(NC(=O)C(NC(=O)C(N)CC(=O)O)C(C)O)C(=O)N1CCCC1C(=O)O. The average molecular weight is 444 g/mol. The third-order valence-electron chi connectivity index (χ3n) is 5.39. The zero-order chi connectivity index (χ0) is 23.9. The van der Waals surface area contributed by atoms with Gasteiger partial charge in [0.2, 0.25) is 17.7 Å². The fourth-order valence-electron chi connectivity index (χ4n) is 3.34. The summed E-state index contributed by atoms with van der Waals surface area (Å²) >= 11 is 0. The monoisotopic (exact) mass is 444 g/mol. The van der Waals surface area contributed by atoms with Crippen LogP contribution in [0.25, 0.3) is 0 Å². The fraction of sp³-hybridized carbons (Fsp3) is 0.737. The largest absolute Gasteiger partial charge is 0.481 e. The Morgan fingerprint density at radius 1 is 1.06 bits per heavy atom. The molecule has 6 atom stereocenters. The predicted octanol–water partition coefficient (Wildman–Crippen LogP) is -1.74. The number of aliphatic hydroxyl groups excluding tert-OH is 1. The molecule has 1 heterocycles. The second-order valence-corrected chi connectivity index (χ2v) is 7.83. The number of aliphatic hydroxyl groups is 1. The summed E-state index contributed by atoms with van der Waals surface area (Å²) in [5.41, 5.74) is 5.49. The first kappa shape index (κ1) is 26.3. The summed E-state index contributed by atoms with van der Waals surface area (Å²) in [6.45, 7) is 5.01. The van der Waals surface area contributed by atoms with Crippen molar-refractivity contribution in [1.82, 2.24) is 15.5 Å². The highest BCUT2D eigenvalue weighted by molar-refractivity contribution is 5.95. The number of hydrogen-bond donors (Lipinski definition) is 6. The normalized spacial score (nSPS) is 20.8. The van der Waals surface area contributed by atoms with Gasteiger partial charge in [-0.15, -0.1) is 0 Å². The van der Waals surface area contributed by atoms with Gasteiger partial charge in [-0.25, -0.2) is 4.79 Å². The van der Waals surface area contributed by atoms with Crippen molar-refractivity contribution in [3.63, 3.8) is 0 Å². The van der Waals surface area contributed by atoms with Crippen LogP contribution in [0.4, 0.5) is 0 Å². The van der Waals surface area contributed by atoms with Crippen LogP contribution in [-0.2, 0) is 24.0 Å². The highest BCUT2D eigenvalue weighted by Gasteiger charge is 2.40. The molecule has 176 valence electrons. The van der Waals surface area contributed by atoms with Crippen molar-refractivity contribution in [1.29, 1.82) is 0 Å². The van der Waals surface area contributed by atoms with Gasteiger partial charge >= 0.3 is 11.9 Å². The lowest BCUT2D eigenvalue weighted by Crippen LogP contribution is -2.61. The molecule has 12 heteroatoms. The zero-order valence-electron chi connectivity index (χ0n) is 17.9. The van der Waals surface area contributed by atoms with Crippen LogP contribution < -0.4 is 16.4 Å². The quantitative estimate of drug-likeness (QED) is 0.214. The molecule has 1 aliphatic heterocycles. The number of amides is 3. The van der Waals surface area contributed by atoms with Gasteiger partial charge in [-0.05, 0) is 25.7 Å². The number of likely N-dealkylation sites (tertiary alicyclic amines) is 1. The van der Waals surface area contributed by atoms with E-state index in [1.807, 2.05) is 0 Å². The maximum Gasteiger partial charge on any atom is 0.326 e. The fourth-order valence-corrected chi connectivity index (χ4v) is 3.34. The van der Waals surface area contributed by atoms with Gasteiger partial charge < -0.3 is 36.6 Å². The van der Waals surface area contributed by atoms with Gasteiger partial charge in [-0.3, -0.25) is 19.2 Å². The molecular weight excluding hydrogens is 412 g/mol. The smallest absolute Gasteiger partial charge is 0.326 e. The minimum absolute atomic E-state index is 0.249. The number of carboxylic acid groups (broad SMARTS) is 2. The maximum absolute atomic E-state index is 13.1. The summed E-state index contributed by atoms with van der Waals surface area (Å²) in [7, 11) is 0. The summed E-state index contributed by atoms with van der Waals surface area (Å²) in [4.78, 5) is 61.3. The number of hydrogen-bond acceptors (Lipinski definition) is 7. The van der Waals surface area contributed by atoms with E-state index in [1.54, 1.807) is 13.8 Å². The third-order valence-corrected chi connectivity index (χ3v) is 5.39. The number of rotatable bonds is 11. The summed E-state index contributed by atoms with van der Waals surface area (Å²) in [6, 6.07) is -4.96. The predicted molar refractivity (Wildman–Crippen MR) is 108 cm³/mol. The summed E-state index contributed by atoms with van der Waals surface area (Å²) in [6.07, 6.45) is -0.697. The number of nitrogens with zero attached hydrogens (tertiary/aromatic N) is 1. The van der Waals surface area contributed by atoms with Crippen LogP contribution in [0.15, 0.2) is 0 Å². The summed E-state index contributed by atoms with van der Waals surface area (Å²) in [5.74, 6) is -5.14. The first-order chi connectivity index (χ1) is 14.4. The molecular formula is C19H32N4O8. The molecule has 0 radical (unpaired) electrons. The lowest BCUT2D eigenvalue weighted by atomic mass is 9.96. The van der Waals surface area contributed by atoms with Crippen molar-refractivity contribution >= 4 is 29.7 Å². The van der Waals surface area contributed by atoms with E-state index in [0.29, 0.717) is 19.3 Å². The Morgan fingerprint density at radius 2 is 1.65 bits per heavy atom. The summed E-state index contributed by atoms with van der Waals surface area (Å²) in [5, 5.41) is 32.8. The van der Waals surface area contributed by atoms with Gasteiger partial charge in [-0.2, -0.15) is 0 Å². The Kier molecular flexibility index (Phi) is 9.85. The maximum atomic E-state index is 13.1. The van der Waals surface area contributed by atoms with Gasteiger partial charge in [0.05, 0.1) is 18.6 Å². The molecule has 1 fully saturated rings. The lowest BCUT2D eigenvalue weighted by Gasteiger charge is -2.32. The van der Waals surface area contributed by atoms with E-state index in [2.05, 4.69) is 10.6 Å². The number of nitrogens with two attached hydrogens (primary N) is 1. The Bertz CT molecular complexity index is 698. The zero-order valence-corrected chi connectivity index (χ0v) is 17.9. The molecule has 0 bridgehead atoms. The average Bonchev–Trinajstić information content (AvgIpc) is 3.18. The van der Waals surface area contributed by atoms with Gasteiger partial charge in [0.25, 0.3) is 0 Å². The molecule has 7 N–H and O–H groups in total. The minimum Gasteiger partial charge on any atom is -0.481 e. The molecule has 12 nitrogen and oxygen atoms in total. The standard InChI is InChI=1S/C19H32N4O8/c1-4-9(2)14(18(29)23-7-5-6-12(23)19(30)31)21-17(28)15(10(3)24)22-16(27)11(20)8-13(25)26/h9-12,14-15,24H,4-8,20H2,1-3H3,(H,21,28)(H,22,27)(H,25,26)(H,30,31). The van der Waals surface area contributed by atoms with Gasteiger partial charge in [0, 0.05) is 6.54 Å². The number of carbonyl (C=O) groups is 5. The van der Waals surface area contributed by atoms with Crippen LogP contribution in [0, 0.1) is 5.92 Å². The molecule has 1 aliphatic rings. The summed E-state index contributed by atoms with van der Waals surface area (Å²) < 4.78 is 0. The number of carboxylic acids is 2. The van der Waals surface area contributed by atoms with E-state index >= 15 is 0 Å². The molecule has 1 rings (SSSR count). The molecule has 0 aromatic carbocycles. The minimum atomic E-state index is -1.49. The molecule has 0 aromatic rings. The number of aliphatic carboxylic acids is 2. The van der Waals surface area contributed by atoms with Crippen LogP contribution in [0.3, 0.4) is 0 Å². The van der Waals surface area contributed by atoms with E-state index in [0.717, 1.165) is 0 Å². The highest BCUT2D eigenvalue weighted by Crippen LogP contribution is 2.21. The third kappa shape index (κ3) is 7.17. The first-order valence-corrected chi connectivity index (χ1v) is 10.2. The second-order valence-electron chi connectivity index (χ2n) is 7.83. The van der Waals surface area contributed by atoms with Crippen molar-refractivity contribution in [2.24, 2.45) is 11.7 Å². The van der Waals surface area contributed by atoms with Gasteiger partial charge in [0.15, 0.2) is 0 Å². The molecule has 0 saturated carbocycles. The van der Waals surface area contributed by atoms with Crippen molar-refractivity contribution < 1.29 is 39.3 Å². The van der Waals surface area contributed by atoms with E-state index in [-0.39, 0.29) is 12.5 Å². The Labute approximate surface area is 180 Å². The van der Waals surface area contributed by atoms with Crippen LogP contribution in [0.1, 0.15) is 46.5 Å². The van der Waals surface area contributed by atoms with E-state index < -0.39 is 66.4 Å². The molecule has 0 spiro atoms. The van der Waals surface area contributed by atoms with Crippen LogP contribution in [-0.4, -0.2) is 86.7 Å². The molecule has 0 aliphatic carbocycles. The lowest BCUT2D eigenvalue weighted by molar-refractivity contribution is -0.150. The van der Waals surface area contributed by atoms with Crippen molar-refractivity contribution in [3.05, 3.63) is 0 Å².